The lowest BCUT2D eigenvalue weighted by atomic mass is 10.2. The normalized spacial score (nSPS) is 11.9. The van der Waals surface area contributed by atoms with Gasteiger partial charge >= 0.3 is 0 Å². The number of nitrogens with one attached hydrogen (secondary N) is 3. The van der Waals surface area contributed by atoms with E-state index in [0.29, 0.717) is 27.9 Å². The van der Waals surface area contributed by atoms with Crippen molar-refractivity contribution in [3.8, 4) is 11.3 Å². The molecule has 1 atom stereocenters. The van der Waals surface area contributed by atoms with Crippen LogP contribution in [0.3, 0.4) is 0 Å². The number of aryl methyl sites for hydroxylation is 1. The summed E-state index contributed by atoms with van der Waals surface area (Å²) in [6, 6.07) is 28.8. The van der Waals surface area contributed by atoms with Crippen LogP contribution in [0.2, 0.25) is 0 Å². The molecule has 5 aromatic rings. The molecule has 9 nitrogen and oxygen atoms in total. The number of amides is 3. The molecule has 3 aromatic carbocycles. The lowest BCUT2D eigenvalue weighted by molar-refractivity contribution is -0.115. The van der Waals surface area contributed by atoms with Gasteiger partial charge in [-0.25, -0.2) is 0 Å². The Balaban J connectivity index is 1.28. The number of carbonyl (C=O) groups excluding carboxylic acids is 3. The van der Waals surface area contributed by atoms with Gasteiger partial charge in [-0.15, -0.1) is 22.0 Å². The van der Waals surface area contributed by atoms with Crippen LogP contribution in [0.5, 0.6) is 0 Å². The minimum Gasteiger partial charge on any atom is -0.457 e. The average Bonchev–Trinajstić information content (AvgIpc) is 3.67. The summed E-state index contributed by atoms with van der Waals surface area (Å²) in [7, 11) is 0. The molecule has 11 heteroatoms. The Morgan fingerprint density at radius 3 is 2.23 bits per heavy atom. The summed E-state index contributed by atoms with van der Waals surface area (Å²) < 4.78 is 5.95. The maximum absolute atomic E-state index is 13.4. The van der Waals surface area contributed by atoms with E-state index in [1.807, 2.05) is 61.5 Å². The van der Waals surface area contributed by atoms with E-state index in [4.69, 9.17) is 4.42 Å². The second-order valence-electron chi connectivity index (χ2n) is 9.30. The molecule has 0 fully saturated rings. The summed E-state index contributed by atoms with van der Waals surface area (Å²) >= 11 is 2.68. The third-order valence-corrected chi connectivity index (χ3v) is 7.92. The highest BCUT2D eigenvalue weighted by Gasteiger charge is 2.18. The van der Waals surface area contributed by atoms with Crippen molar-refractivity contribution in [3.63, 3.8) is 0 Å². The molecule has 0 radical (unpaired) electrons. The van der Waals surface area contributed by atoms with Crippen molar-refractivity contribution >= 4 is 57.7 Å². The highest BCUT2D eigenvalue weighted by Crippen LogP contribution is 2.27. The van der Waals surface area contributed by atoms with Gasteiger partial charge in [0, 0.05) is 27.8 Å². The fraction of sp³-hybridized carbons (Fsp3) is 0.0938. The van der Waals surface area contributed by atoms with Crippen LogP contribution in [0.25, 0.3) is 17.4 Å². The summed E-state index contributed by atoms with van der Waals surface area (Å²) in [5, 5.41) is 17.0. The summed E-state index contributed by atoms with van der Waals surface area (Å²) in [6.07, 6.45) is 1.49. The van der Waals surface area contributed by atoms with Gasteiger partial charge in [-0.2, -0.15) is 0 Å². The number of rotatable bonds is 10. The second kappa shape index (κ2) is 13.8. The van der Waals surface area contributed by atoms with Gasteiger partial charge in [0.2, 0.25) is 11.0 Å². The van der Waals surface area contributed by atoms with Gasteiger partial charge in [-0.1, -0.05) is 59.9 Å². The number of aromatic nitrogens is 2. The fourth-order valence-electron chi connectivity index (χ4n) is 3.90. The number of thioether (sulfide) groups is 1. The third-order valence-electron chi connectivity index (χ3n) is 6.05. The van der Waals surface area contributed by atoms with Crippen LogP contribution in [-0.2, 0) is 9.59 Å². The topological polar surface area (TPSA) is 126 Å². The highest BCUT2D eigenvalue weighted by molar-refractivity contribution is 8.00. The minimum atomic E-state index is -0.526. The Bertz CT molecular complexity index is 1750. The molecule has 0 saturated carbocycles. The molecule has 0 unspecified atom stereocenters. The first-order valence-electron chi connectivity index (χ1n) is 13.3. The van der Waals surface area contributed by atoms with Crippen molar-refractivity contribution in [2.24, 2.45) is 0 Å². The van der Waals surface area contributed by atoms with Crippen LogP contribution in [0.15, 0.2) is 112 Å². The van der Waals surface area contributed by atoms with E-state index in [1.165, 1.54) is 29.2 Å². The van der Waals surface area contributed by atoms with E-state index in [2.05, 4.69) is 26.1 Å². The first-order valence-corrected chi connectivity index (χ1v) is 15.0. The maximum Gasteiger partial charge on any atom is 0.272 e. The van der Waals surface area contributed by atoms with E-state index in [0.717, 1.165) is 15.5 Å². The number of benzene rings is 3. The van der Waals surface area contributed by atoms with Crippen molar-refractivity contribution in [1.29, 1.82) is 0 Å². The molecular weight excluding hydrogens is 583 g/mol. The molecule has 0 aliphatic rings. The molecule has 43 heavy (non-hydrogen) atoms. The van der Waals surface area contributed by atoms with Crippen molar-refractivity contribution in [1.82, 2.24) is 15.5 Å². The van der Waals surface area contributed by atoms with Gasteiger partial charge < -0.3 is 15.1 Å². The molecule has 3 N–H and O–H groups in total. The molecule has 0 spiro atoms. The molecule has 0 aliphatic heterocycles. The second-order valence-corrected chi connectivity index (χ2v) is 11.9. The van der Waals surface area contributed by atoms with Gasteiger partial charge in [0.05, 0.1) is 5.25 Å². The number of hydrogen-bond acceptors (Lipinski definition) is 8. The molecule has 5 rings (SSSR count). The van der Waals surface area contributed by atoms with Gasteiger partial charge in [0.25, 0.3) is 11.8 Å². The lowest BCUT2D eigenvalue weighted by Gasteiger charge is -2.12. The number of furan rings is 1. The predicted molar refractivity (Wildman–Crippen MR) is 170 cm³/mol. The van der Waals surface area contributed by atoms with Gasteiger partial charge in [-0.3, -0.25) is 19.7 Å². The monoisotopic (exact) mass is 609 g/mol. The predicted octanol–water partition coefficient (Wildman–Crippen LogP) is 6.64. The molecular formula is C32H27N5O4S2. The Hall–Kier alpha value is -5.00. The Kier molecular flexibility index (Phi) is 9.45. The lowest BCUT2D eigenvalue weighted by Crippen LogP contribution is -2.30. The first kappa shape index (κ1) is 29.5. The van der Waals surface area contributed by atoms with E-state index in [9.17, 15) is 14.4 Å². The first-order chi connectivity index (χ1) is 20.8. The zero-order valence-electron chi connectivity index (χ0n) is 23.2. The van der Waals surface area contributed by atoms with E-state index in [-0.39, 0.29) is 16.9 Å². The van der Waals surface area contributed by atoms with Gasteiger partial charge in [-0.05, 0) is 62.4 Å². The maximum atomic E-state index is 13.4. The summed E-state index contributed by atoms with van der Waals surface area (Å²) in [5.74, 6) is -0.103. The van der Waals surface area contributed by atoms with Crippen LogP contribution in [0.4, 0.5) is 10.8 Å². The van der Waals surface area contributed by atoms with E-state index in [1.54, 1.807) is 49.4 Å². The van der Waals surface area contributed by atoms with Crippen molar-refractivity contribution in [2.45, 2.75) is 24.0 Å². The van der Waals surface area contributed by atoms with Gasteiger partial charge in [0.1, 0.15) is 22.2 Å². The van der Waals surface area contributed by atoms with Crippen LogP contribution >= 0.6 is 23.1 Å². The SMILES string of the molecule is Cc1nnc(NC(=O)[C@@H](C)Sc2ccc(NC(=O)/C(=C\c3ccc(-c4ccccc4)o3)NC(=O)c3ccccc3)cc2)s1. The molecule has 3 amide bonds. The molecule has 216 valence electrons. The van der Waals surface area contributed by atoms with E-state index < -0.39 is 11.8 Å². The van der Waals surface area contributed by atoms with Crippen LogP contribution in [-0.4, -0.2) is 33.2 Å². The Morgan fingerprint density at radius 1 is 0.860 bits per heavy atom. The van der Waals surface area contributed by atoms with Crippen molar-refractivity contribution in [2.75, 3.05) is 10.6 Å². The number of carbonyl (C=O) groups is 3. The number of nitrogens with zero attached hydrogens (tertiary/aromatic N) is 2. The molecule has 0 saturated heterocycles. The van der Waals surface area contributed by atoms with Crippen molar-refractivity contribution in [3.05, 3.63) is 119 Å². The zero-order valence-corrected chi connectivity index (χ0v) is 24.9. The fourth-order valence-corrected chi connectivity index (χ4v) is 5.36. The molecule has 0 bridgehead atoms. The molecule has 0 aliphatic carbocycles. The largest absolute Gasteiger partial charge is 0.457 e. The summed E-state index contributed by atoms with van der Waals surface area (Å²) in [5.41, 5.74) is 1.83. The van der Waals surface area contributed by atoms with Crippen LogP contribution in [0.1, 0.15) is 28.0 Å². The van der Waals surface area contributed by atoms with Gasteiger partial charge in [0.15, 0.2) is 0 Å². The van der Waals surface area contributed by atoms with Crippen molar-refractivity contribution < 1.29 is 18.8 Å². The van der Waals surface area contributed by atoms with Crippen LogP contribution in [0, 0.1) is 6.92 Å². The molecule has 2 heterocycles. The Morgan fingerprint density at radius 2 is 1.56 bits per heavy atom. The summed E-state index contributed by atoms with van der Waals surface area (Å²) in [4.78, 5) is 39.7. The highest BCUT2D eigenvalue weighted by atomic mass is 32.2. The average molecular weight is 610 g/mol. The summed E-state index contributed by atoms with van der Waals surface area (Å²) in [6.45, 7) is 3.62. The number of anilines is 2. The number of hydrogen-bond donors (Lipinski definition) is 3. The zero-order chi connectivity index (χ0) is 30.2. The third kappa shape index (κ3) is 8.06. The quantitative estimate of drug-likeness (QED) is 0.120. The molecule has 2 aromatic heterocycles. The van der Waals surface area contributed by atoms with E-state index >= 15 is 0 Å². The smallest absolute Gasteiger partial charge is 0.272 e. The minimum absolute atomic E-state index is 0.0125. The standard InChI is InChI=1S/C32H27N5O4S2/c1-20(29(38)35-32-37-36-21(2)43-32)42-26-16-13-24(14-17-26)33-31(40)27(34-30(39)23-11-7-4-8-12-23)19-25-15-18-28(41-25)22-9-5-3-6-10-22/h3-20H,1-2H3,(H,33,40)(H,34,39)(H,35,37,38)/b27-19+/t20-/m1/s1. The van der Waals surface area contributed by atoms with Crippen LogP contribution < -0.4 is 16.0 Å². The Labute approximate surface area is 256 Å².